The van der Waals surface area contributed by atoms with Crippen LogP contribution in [-0.2, 0) is 12.8 Å². The van der Waals surface area contributed by atoms with Crippen LogP contribution in [0.2, 0.25) is 0 Å². The second kappa shape index (κ2) is 7.42. The molecule has 1 aromatic carbocycles. The average Bonchev–Trinajstić information content (AvgIpc) is 2.35. The van der Waals surface area contributed by atoms with Gasteiger partial charge < -0.3 is 11.1 Å². The first-order valence-corrected chi connectivity index (χ1v) is 6.24. The molecule has 0 spiro atoms. The van der Waals surface area contributed by atoms with E-state index in [9.17, 15) is 0 Å². The Bertz CT molecular complexity index is 279. The Hall–Kier alpha value is -0.860. The van der Waals surface area contributed by atoms with Crippen LogP contribution in [0, 0.1) is 5.92 Å². The first-order chi connectivity index (χ1) is 7.76. The van der Waals surface area contributed by atoms with Crippen LogP contribution in [0.4, 0.5) is 0 Å². The highest BCUT2D eigenvalue weighted by molar-refractivity contribution is 5.22. The predicted molar refractivity (Wildman–Crippen MR) is 70.6 cm³/mol. The van der Waals surface area contributed by atoms with Gasteiger partial charge in [-0.05, 0) is 49.5 Å². The Kier molecular flexibility index (Phi) is 6.12. The molecule has 0 radical (unpaired) electrons. The monoisotopic (exact) mass is 220 g/mol. The van der Waals surface area contributed by atoms with Crippen molar-refractivity contribution in [1.29, 1.82) is 0 Å². The van der Waals surface area contributed by atoms with Crippen molar-refractivity contribution in [2.75, 3.05) is 19.6 Å². The summed E-state index contributed by atoms with van der Waals surface area (Å²) in [5, 5.41) is 3.43. The maximum Gasteiger partial charge on any atom is -0.000823 e. The standard InChI is InChI=1S/C14H24N2/c1-3-13-4-6-14(7-5-13)8-9-16-11-12(2)10-15/h4-7,12,16H,3,8-11,15H2,1-2H3. The van der Waals surface area contributed by atoms with Crippen molar-refractivity contribution >= 4 is 0 Å². The van der Waals surface area contributed by atoms with E-state index in [2.05, 4.69) is 43.4 Å². The summed E-state index contributed by atoms with van der Waals surface area (Å²) < 4.78 is 0. The molecule has 1 atom stereocenters. The van der Waals surface area contributed by atoms with Crippen molar-refractivity contribution in [1.82, 2.24) is 5.32 Å². The van der Waals surface area contributed by atoms with Crippen LogP contribution in [0.1, 0.15) is 25.0 Å². The number of rotatable bonds is 7. The first kappa shape index (κ1) is 13.2. The molecule has 0 amide bonds. The molecule has 16 heavy (non-hydrogen) atoms. The SMILES string of the molecule is CCc1ccc(CCNCC(C)CN)cc1. The third-order valence-corrected chi connectivity index (χ3v) is 2.92. The van der Waals surface area contributed by atoms with Crippen molar-refractivity contribution in [3.8, 4) is 0 Å². The van der Waals surface area contributed by atoms with E-state index < -0.39 is 0 Å². The number of benzene rings is 1. The van der Waals surface area contributed by atoms with Crippen LogP contribution in [0.5, 0.6) is 0 Å². The van der Waals surface area contributed by atoms with Gasteiger partial charge >= 0.3 is 0 Å². The Morgan fingerprint density at radius 1 is 1.19 bits per heavy atom. The minimum Gasteiger partial charge on any atom is -0.330 e. The molecule has 3 N–H and O–H groups in total. The minimum absolute atomic E-state index is 0.572. The fourth-order valence-electron chi connectivity index (χ4n) is 1.61. The van der Waals surface area contributed by atoms with E-state index in [0.29, 0.717) is 5.92 Å². The largest absolute Gasteiger partial charge is 0.330 e. The molecule has 0 saturated carbocycles. The van der Waals surface area contributed by atoms with Crippen LogP contribution in [0.15, 0.2) is 24.3 Å². The second-order valence-electron chi connectivity index (χ2n) is 4.47. The van der Waals surface area contributed by atoms with E-state index in [1.54, 1.807) is 0 Å². The van der Waals surface area contributed by atoms with Gasteiger partial charge in [0, 0.05) is 0 Å². The summed E-state index contributed by atoms with van der Waals surface area (Å²) in [6.07, 6.45) is 2.22. The smallest absolute Gasteiger partial charge is 0.000823 e. The highest BCUT2D eigenvalue weighted by Crippen LogP contribution is 2.05. The maximum absolute atomic E-state index is 5.56. The number of nitrogens with two attached hydrogens (primary N) is 1. The van der Waals surface area contributed by atoms with Crippen LogP contribution >= 0.6 is 0 Å². The van der Waals surface area contributed by atoms with Crippen molar-refractivity contribution in [3.63, 3.8) is 0 Å². The van der Waals surface area contributed by atoms with E-state index in [-0.39, 0.29) is 0 Å². The Labute approximate surface area is 99.2 Å². The Morgan fingerprint density at radius 2 is 1.81 bits per heavy atom. The fraction of sp³-hybridized carbons (Fsp3) is 0.571. The zero-order valence-corrected chi connectivity index (χ0v) is 10.5. The summed E-state index contributed by atoms with van der Waals surface area (Å²) in [4.78, 5) is 0. The van der Waals surface area contributed by atoms with Crippen molar-refractivity contribution < 1.29 is 0 Å². The molecule has 90 valence electrons. The topological polar surface area (TPSA) is 38.0 Å². The van der Waals surface area contributed by atoms with Gasteiger partial charge in [-0.25, -0.2) is 0 Å². The molecule has 0 saturated heterocycles. The average molecular weight is 220 g/mol. The third-order valence-electron chi connectivity index (χ3n) is 2.92. The molecule has 1 unspecified atom stereocenters. The quantitative estimate of drug-likeness (QED) is 0.690. The first-order valence-electron chi connectivity index (χ1n) is 6.24. The lowest BCUT2D eigenvalue weighted by Crippen LogP contribution is -2.27. The lowest BCUT2D eigenvalue weighted by atomic mass is 10.1. The molecule has 1 rings (SSSR count). The molecular weight excluding hydrogens is 196 g/mol. The van der Waals surface area contributed by atoms with Gasteiger partial charge in [-0.2, -0.15) is 0 Å². The van der Waals surface area contributed by atoms with E-state index in [0.717, 1.165) is 32.5 Å². The molecule has 2 nitrogen and oxygen atoms in total. The van der Waals surface area contributed by atoms with Crippen molar-refractivity contribution in [2.45, 2.75) is 26.7 Å². The molecule has 1 aromatic rings. The second-order valence-corrected chi connectivity index (χ2v) is 4.47. The Morgan fingerprint density at radius 3 is 2.38 bits per heavy atom. The molecule has 0 heterocycles. The number of aryl methyl sites for hydroxylation is 1. The van der Waals surface area contributed by atoms with Crippen LogP contribution < -0.4 is 11.1 Å². The van der Waals surface area contributed by atoms with Gasteiger partial charge in [0.1, 0.15) is 0 Å². The van der Waals surface area contributed by atoms with Crippen molar-refractivity contribution in [2.24, 2.45) is 11.7 Å². The summed E-state index contributed by atoms with van der Waals surface area (Å²) in [6, 6.07) is 8.90. The van der Waals surface area contributed by atoms with Gasteiger partial charge in [0.25, 0.3) is 0 Å². The van der Waals surface area contributed by atoms with E-state index in [1.165, 1.54) is 11.1 Å². The molecule has 0 aliphatic heterocycles. The molecule has 0 fully saturated rings. The van der Waals surface area contributed by atoms with Gasteiger partial charge in [-0.3, -0.25) is 0 Å². The number of hydrogen-bond acceptors (Lipinski definition) is 2. The summed E-state index contributed by atoms with van der Waals surface area (Å²) in [7, 11) is 0. The van der Waals surface area contributed by atoms with Gasteiger partial charge in [-0.15, -0.1) is 0 Å². The zero-order chi connectivity index (χ0) is 11.8. The Balaban J connectivity index is 2.21. The molecule has 0 aliphatic carbocycles. The molecular formula is C14H24N2. The predicted octanol–water partition coefficient (Wildman–Crippen LogP) is 1.98. The summed E-state index contributed by atoms with van der Waals surface area (Å²) in [5.74, 6) is 0.572. The van der Waals surface area contributed by atoms with E-state index in [4.69, 9.17) is 5.73 Å². The van der Waals surface area contributed by atoms with Crippen LogP contribution in [0.3, 0.4) is 0 Å². The molecule has 0 aliphatic rings. The van der Waals surface area contributed by atoms with Gasteiger partial charge in [0.15, 0.2) is 0 Å². The normalized spacial score (nSPS) is 12.7. The summed E-state index contributed by atoms with van der Waals surface area (Å²) in [6.45, 7) is 7.17. The van der Waals surface area contributed by atoms with Crippen LogP contribution in [-0.4, -0.2) is 19.6 Å². The molecule has 0 aromatic heterocycles. The van der Waals surface area contributed by atoms with Crippen molar-refractivity contribution in [3.05, 3.63) is 35.4 Å². The molecule has 0 bridgehead atoms. The zero-order valence-electron chi connectivity index (χ0n) is 10.5. The molecule has 2 heteroatoms. The van der Waals surface area contributed by atoms with E-state index in [1.807, 2.05) is 0 Å². The van der Waals surface area contributed by atoms with E-state index >= 15 is 0 Å². The lowest BCUT2D eigenvalue weighted by molar-refractivity contribution is 0.524. The van der Waals surface area contributed by atoms with Gasteiger partial charge in [0.2, 0.25) is 0 Å². The lowest BCUT2D eigenvalue weighted by Gasteiger charge is -2.10. The third kappa shape index (κ3) is 4.77. The summed E-state index contributed by atoms with van der Waals surface area (Å²) >= 11 is 0. The highest BCUT2D eigenvalue weighted by atomic mass is 14.9. The van der Waals surface area contributed by atoms with Gasteiger partial charge in [0.05, 0.1) is 0 Å². The maximum atomic E-state index is 5.56. The number of hydrogen-bond donors (Lipinski definition) is 2. The summed E-state index contributed by atoms with van der Waals surface area (Å²) in [5.41, 5.74) is 8.38. The number of nitrogens with one attached hydrogen (secondary N) is 1. The minimum atomic E-state index is 0.572. The fourth-order valence-corrected chi connectivity index (χ4v) is 1.61. The van der Waals surface area contributed by atoms with Crippen LogP contribution in [0.25, 0.3) is 0 Å². The van der Waals surface area contributed by atoms with Gasteiger partial charge in [-0.1, -0.05) is 38.1 Å². The highest BCUT2D eigenvalue weighted by Gasteiger charge is 1.98.